The molecule has 0 saturated carbocycles. The molecule has 3 N–H and O–H groups in total. The molecule has 0 heterocycles. The van der Waals surface area contributed by atoms with Crippen molar-refractivity contribution in [1.29, 1.82) is 5.41 Å². The lowest BCUT2D eigenvalue weighted by atomic mass is 10.2. The van der Waals surface area contributed by atoms with Crippen molar-refractivity contribution in [3.8, 4) is 0 Å². The normalized spacial score (nSPS) is 9.92. The second-order valence-corrected chi connectivity index (χ2v) is 3.02. The summed E-state index contributed by atoms with van der Waals surface area (Å²) in [7, 11) is 0. The monoisotopic (exact) mass is 198 g/mol. The number of hydrogen-bond acceptors (Lipinski definition) is 2. The summed E-state index contributed by atoms with van der Waals surface area (Å²) in [6, 6.07) is 7.42. The van der Waals surface area contributed by atoms with Crippen LogP contribution in [0.3, 0.4) is 0 Å². The van der Waals surface area contributed by atoms with Gasteiger partial charge in [-0.3, -0.25) is 5.41 Å². The highest BCUT2D eigenvalue weighted by Crippen LogP contribution is 2.15. The first-order valence-corrected chi connectivity index (χ1v) is 4.22. The number of amidine groups is 1. The molecule has 0 saturated heterocycles. The summed E-state index contributed by atoms with van der Waals surface area (Å²) in [5.41, 5.74) is 6.03. The molecule has 0 aromatic heterocycles. The first kappa shape index (κ1) is 10.0. The Kier molecular flexibility index (Phi) is 3.73. The lowest BCUT2D eigenvalue weighted by molar-refractivity contribution is 0.157. The molecule has 0 spiro atoms. The van der Waals surface area contributed by atoms with E-state index in [1.165, 1.54) is 0 Å². The Hall–Kier alpha value is -1.06. The molecule has 0 aliphatic heterocycles. The molecule has 13 heavy (non-hydrogen) atoms. The van der Waals surface area contributed by atoms with E-state index in [1.807, 2.05) is 18.2 Å². The lowest BCUT2D eigenvalue weighted by Crippen LogP contribution is -2.17. The maximum absolute atomic E-state index is 6.93. The number of ether oxygens (including phenoxy) is 1. The molecule has 0 unspecified atom stereocenters. The fourth-order valence-electron chi connectivity index (χ4n) is 0.886. The average Bonchev–Trinajstić information content (AvgIpc) is 2.08. The number of nitrogens with two attached hydrogens (primary N) is 1. The van der Waals surface area contributed by atoms with E-state index in [0.717, 1.165) is 5.56 Å². The molecule has 1 aromatic rings. The summed E-state index contributed by atoms with van der Waals surface area (Å²) < 4.78 is 5.13. The van der Waals surface area contributed by atoms with Crippen LogP contribution in [0, 0.1) is 5.41 Å². The molecule has 3 nitrogen and oxygen atoms in total. The zero-order chi connectivity index (χ0) is 9.68. The van der Waals surface area contributed by atoms with Crippen molar-refractivity contribution in [1.82, 2.24) is 0 Å². The van der Waals surface area contributed by atoms with Gasteiger partial charge in [0.25, 0.3) is 0 Å². The van der Waals surface area contributed by atoms with Crippen LogP contribution in [0.25, 0.3) is 0 Å². The topological polar surface area (TPSA) is 59.1 Å². The van der Waals surface area contributed by atoms with Crippen molar-refractivity contribution in [2.45, 2.75) is 6.61 Å². The minimum Gasteiger partial charge on any atom is -0.386 e. The van der Waals surface area contributed by atoms with E-state index in [9.17, 15) is 0 Å². The minimum absolute atomic E-state index is 0.0204. The summed E-state index contributed by atoms with van der Waals surface area (Å²) in [4.78, 5) is 0. The number of nitrogens with one attached hydrogen (secondary N) is 1. The van der Waals surface area contributed by atoms with Crippen LogP contribution in [0.15, 0.2) is 24.3 Å². The number of hydrogen-bond donors (Lipinski definition) is 2. The van der Waals surface area contributed by atoms with Gasteiger partial charge in [0.2, 0.25) is 0 Å². The predicted molar refractivity (Wildman–Crippen MR) is 53.0 cm³/mol. The van der Waals surface area contributed by atoms with Crippen LogP contribution in [0.4, 0.5) is 0 Å². The van der Waals surface area contributed by atoms with Crippen molar-refractivity contribution in [2.24, 2.45) is 5.73 Å². The average molecular weight is 199 g/mol. The van der Waals surface area contributed by atoms with Gasteiger partial charge in [0, 0.05) is 5.02 Å². The molecular formula is C9H11ClN2O. The van der Waals surface area contributed by atoms with Gasteiger partial charge in [0.1, 0.15) is 12.4 Å². The summed E-state index contributed by atoms with van der Waals surface area (Å²) in [6.07, 6.45) is 0. The second-order valence-electron chi connectivity index (χ2n) is 2.61. The first-order valence-electron chi connectivity index (χ1n) is 3.84. The molecule has 0 amide bonds. The van der Waals surface area contributed by atoms with E-state index in [4.69, 9.17) is 27.5 Å². The molecule has 70 valence electrons. The van der Waals surface area contributed by atoms with Crippen LogP contribution in [-0.4, -0.2) is 12.4 Å². The third-order valence-electron chi connectivity index (χ3n) is 1.47. The van der Waals surface area contributed by atoms with Gasteiger partial charge in [-0.05, 0) is 11.6 Å². The predicted octanol–water partition coefficient (Wildman–Crippen LogP) is 1.79. The number of benzene rings is 1. The van der Waals surface area contributed by atoms with Gasteiger partial charge in [-0.15, -0.1) is 0 Å². The largest absolute Gasteiger partial charge is 0.386 e. The summed E-state index contributed by atoms with van der Waals surface area (Å²) in [5.74, 6) is 0.0204. The maximum atomic E-state index is 6.93. The Morgan fingerprint density at radius 1 is 1.46 bits per heavy atom. The van der Waals surface area contributed by atoms with Gasteiger partial charge in [-0.1, -0.05) is 29.8 Å². The molecule has 0 fully saturated rings. The highest BCUT2D eigenvalue weighted by atomic mass is 35.5. The quantitative estimate of drug-likeness (QED) is 0.573. The Bertz CT molecular complexity index is 301. The van der Waals surface area contributed by atoms with Crippen molar-refractivity contribution in [3.63, 3.8) is 0 Å². The van der Waals surface area contributed by atoms with Crippen LogP contribution in [0.2, 0.25) is 5.02 Å². The SMILES string of the molecule is N=C(N)COCc1ccccc1Cl. The third-order valence-corrected chi connectivity index (χ3v) is 1.84. The molecule has 0 atom stereocenters. The van der Waals surface area contributed by atoms with E-state index in [-0.39, 0.29) is 12.4 Å². The maximum Gasteiger partial charge on any atom is 0.117 e. The van der Waals surface area contributed by atoms with Gasteiger partial charge < -0.3 is 10.5 Å². The third kappa shape index (κ3) is 3.44. The molecular weight excluding hydrogens is 188 g/mol. The number of halogens is 1. The van der Waals surface area contributed by atoms with Gasteiger partial charge >= 0.3 is 0 Å². The molecule has 1 aromatic carbocycles. The van der Waals surface area contributed by atoms with E-state index < -0.39 is 0 Å². The van der Waals surface area contributed by atoms with Crippen molar-refractivity contribution in [3.05, 3.63) is 34.9 Å². The summed E-state index contributed by atoms with van der Waals surface area (Å²) in [6.45, 7) is 0.532. The highest BCUT2D eigenvalue weighted by Gasteiger charge is 1.98. The van der Waals surface area contributed by atoms with E-state index >= 15 is 0 Å². The van der Waals surface area contributed by atoms with Gasteiger partial charge in [0.15, 0.2) is 0 Å². The van der Waals surface area contributed by atoms with Crippen LogP contribution >= 0.6 is 11.6 Å². The summed E-state index contributed by atoms with van der Waals surface area (Å²) in [5, 5.41) is 7.61. The van der Waals surface area contributed by atoms with Crippen molar-refractivity contribution >= 4 is 17.4 Å². The van der Waals surface area contributed by atoms with Crippen LogP contribution in [-0.2, 0) is 11.3 Å². The highest BCUT2D eigenvalue weighted by molar-refractivity contribution is 6.31. The first-order chi connectivity index (χ1) is 6.20. The molecule has 0 aliphatic carbocycles. The minimum atomic E-state index is 0.0204. The molecule has 0 radical (unpaired) electrons. The zero-order valence-corrected chi connectivity index (χ0v) is 7.84. The van der Waals surface area contributed by atoms with Crippen molar-refractivity contribution < 1.29 is 4.74 Å². The van der Waals surface area contributed by atoms with E-state index in [0.29, 0.717) is 11.6 Å². The fourth-order valence-corrected chi connectivity index (χ4v) is 1.08. The fraction of sp³-hybridized carbons (Fsp3) is 0.222. The van der Waals surface area contributed by atoms with Gasteiger partial charge in [0.05, 0.1) is 6.61 Å². The van der Waals surface area contributed by atoms with E-state index in [2.05, 4.69) is 0 Å². The smallest absolute Gasteiger partial charge is 0.117 e. The van der Waals surface area contributed by atoms with Crippen LogP contribution in [0.5, 0.6) is 0 Å². The van der Waals surface area contributed by atoms with Gasteiger partial charge in [-0.25, -0.2) is 0 Å². The van der Waals surface area contributed by atoms with E-state index in [1.54, 1.807) is 6.07 Å². The lowest BCUT2D eigenvalue weighted by Gasteiger charge is -2.04. The Morgan fingerprint density at radius 2 is 2.15 bits per heavy atom. The zero-order valence-electron chi connectivity index (χ0n) is 7.09. The molecule has 1 rings (SSSR count). The molecule has 0 aliphatic rings. The van der Waals surface area contributed by atoms with Crippen LogP contribution in [0.1, 0.15) is 5.56 Å². The standard InChI is InChI=1S/C9H11ClN2O/c10-8-4-2-1-3-7(8)5-13-6-9(11)12/h1-4H,5-6H2,(H3,11,12). The number of rotatable bonds is 4. The Balaban J connectivity index is 2.45. The molecule has 0 bridgehead atoms. The van der Waals surface area contributed by atoms with Crippen LogP contribution < -0.4 is 5.73 Å². The second kappa shape index (κ2) is 4.84. The van der Waals surface area contributed by atoms with Crippen molar-refractivity contribution in [2.75, 3.05) is 6.61 Å². The molecule has 4 heteroatoms. The summed E-state index contributed by atoms with van der Waals surface area (Å²) >= 11 is 5.87. The van der Waals surface area contributed by atoms with Gasteiger partial charge in [-0.2, -0.15) is 0 Å². The Morgan fingerprint density at radius 3 is 2.77 bits per heavy atom. The Labute approximate surface area is 82.0 Å².